The summed E-state index contributed by atoms with van der Waals surface area (Å²) in [5.41, 5.74) is 0. The topological polar surface area (TPSA) is 108 Å². The van der Waals surface area contributed by atoms with Crippen molar-refractivity contribution in [2.45, 2.75) is 335 Å². The molecule has 0 aromatic carbocycles. The zero-order valence-corrected chi connectivity index (χ0v) is 54.9. The summed E-state index contributed by atoms with van der Waals surface area (Å²) in [4.78, 5) is 35.8. The first-order chi connectivity index (χ1) is 39.5. The van der Waals surface area contributed by atoms with E-state index in [2.05, 4.69) is 74.6 Å². The van der Waals surface area contributed by atoms with E-state index < -0.39 is 26.5 Å². The van der Waals surface area contributed by atoms with E-state index in [4.69, 9.17) is 18.5 Å². The van der Waals surface area contributed by atoms with E-state index in [0.717, 1.165) is 64.2 Å². The molecule has 0 heterocycles. The third-order valence-electron chi connectivity index (χ3n) is 15.3. The fourth-order valence-corrected chi connectivity index (χ4v) is 10.8. The second-order valence-electron chi connectivity index (χ2n) is 24.5. The zero-order chi connectivity index (χ0) is 59.1. The number of allylic oxidation sites excluding steroid dienone is 10. The maximum absolute atomic E-state index is 12.9. The minimum Gasteiger partial charge on any atom is -0.462 e. The van der Waals surface area contributed by atoms with Gasteiger partial charge in [-0.1, -0.05) is 319 Å². The molecular weight excluding hydrogens is 1030 g/mol. The lowest BCUT2D eigenvalue weighted by Gasteiger charge is -2.24. The number of ether oxygens (including phenoxy) is 2. The molecule has 0 aromatic rings. The van der Waals surface area contributed by atoms with Gasteiger partial charge in [0.25, 0.3) is 0 Å². The summed E-state index contributed by atoms with van der Waals surface area (Å²) >= 11 is 0. The first kappa shape index (κ1) is 78.7. The number of phosphoric ester groups is 1. The van der Waals surface area contributed by atoms with Crippen LogP contribution in [-0.4, -0.2) is 74.9 Å². The van der Waals surface area contributed by atoms with Gasteiger partial charge in [-0.2, -0.15) is 0 Å². The van der Waals surface area contributed by atoms with Crippen LogP contribution in [0.25, 0.3) is 0 Å². The zero-order valence-electron chi connectivity index (χ0n) is 54.0. The molecule has 10 heteroatoms. The van der Waals surface area contributed by atoms with Crippen LogP contribution in [0.5, 0.6) is 0 Å². The van der Waals surface area contributed by atoms with E-state index in [1.54, 1.807) is 0 Å². The lowest BCUT2D eigenvalue weighted by molar-refractivity contribution is -0.870. The summed E-state index contributed by atoms with van der Waals surface area (Å²) in [6.07, 6.45) is 81.8. The van der Waals surface area contributed by atoms with Crippen LogP contribution in [0.2, 0.25) is 0 Å². The number of carbonyl (C=O) groups excluding carboxylic acids is 2. The van der Waals surface area contributed by atoms with Crippen molar-refractivity contribution in [2.75, 3.05) is 47.5 Å². The first-order valence-corrected chi connectivity index (χ1v) is 36.0. The Morgan fingerprint density at radius 3 is 1.05 bits per heavy atom. The monoisotopic (exact) mass is 1160 g/mol. The molecule has 0 aromatic heterocycles. The molecule has 0 radical (unpaired) electrons. The van der Waals surface area contributed by atoms with E-state index in [1.807, 2.05) is 21.1 Å². The molecule has 0 rings (SSSR count). The van der Waals surface area contributed by atoms with E-state index in [0.29, 0.717) is 23.9 Å². The van der Waals surface area contributed by atoms with Gasteiger partial charge in [-0.05, 0) is 57.8 Å². The van der Waals surface area contributed by atoms with Gasteiger partial charge >= 0.3 is 19.8 Å². The van der Waals surface area contributed by atoms with Gasteiger partial charge in [0.15, 0.2) is 6.10 Å². The average molecular weight is 1160 g/mol. The van der Waals surface area contributed by atoms with E-state index in [1.165, 1.54) is 231 Å². The van der Waals surface area contributed by atoms with E-state index in [-0.39, 0.29) is 25.6 Å². The van der Waals surface area contributed by atoms with Gasteiger partial charge in [-0.25, -0.2) is 4.57 Å². The summed E-state index contributed by atoms with van der Waals surface area (Å²) in [6, 6.07) is 0. The second-order valence-corrected chi connectivity index (χ2v) is 26.0. The smallest absolute Gasteiger partial charge is 0.462 e. The van der Waals surface area contributed by atoms with Crippen LogP contribution >= 0.6 is 7.82 Å². The Labute approximate surface area is 502 Å². The van der Waals surface area contributed by atoms with Gasteiger partial charge in [0.2, 0.25) is 0 Å². The fourth-order valence-electron chi connectivity index (χ4n) is 10.0. The predicted molar refractivity (Wildman–Crippen MR) is 349 cm³/mol. The molecule has 0 fully saturated rings. The number of nitrogens with zero attached hydrogens (tertiary/aromatic N) is 1. The lowest BCUT2D eigenvalue weighted by Crippen LogP contribution is -2.37. The maximum atomic E-state index is 12.9. The van der Waals surface area contributed by atoms with Crippen LogP contribution in [0, 0.1) is 0 Å². The van der Waals surface area contributed by atoms with Crippen LogP contribution in [0.15, 0.2) is 60.8 Å². The van der Waals surface area contributed by atoms with Gasteiger partial charge in [0.05, 0.1) is 27.7 Å². The van der Waals surface area contributed by atoms with Gasteiger partial charge in [0, 0.05) is 12.8 Å². The standard InChI is InChI=1S/C71H132NO8P/c1-6-8-10-12-14-16-18-20-22-24-26-28-29-30-31-32-33-34-35-36-37-38-39-40-41-42-43-44-46-48-50-52-54-56-58-60-62-64-71(74)80-69(68-79-81(75,76)78-66-65-72(3,4)5)67-77-70(73)63-61-59-57-55-53-51-49-47-45-27-25-23-21-19-17-15-13-11-9-7-2/h8,10,14,16,20,22,26,28,30-31,69H,6-7,9,11-13,15,17-19,21,23-25,27,29,32-68H2,1-5H3/p+1/b10-8-,16-14-,22-20-,28-26-,31-30-. The molecule has 0 spiro atoms. The quantitative estimate of drug-likeness (QED) is 0.0211. The highest BCUT2D eigenvalue weighted by atomic mass is 31.2. The third-order valence-corrected chi connectivity index (χ3v) is 16.3. The largest absolute Gasteiger partial charge is 0.472 e. The van der Waals surface area contributed by atoms with Crippen LogP contribution in [0.4, 0.5) is 0 Å². The normalized spacial score (nSPS) is 13.5. The summed E-state index contributed by atoms with van der Waals surface area (Å²) in [5, 5.41) is 0. The number of unbranched alkanes of at least 4 members (excludes halogenated alkanes) is 40. The number of phosphoric acid groups is 1. The summed E-state index contributed by atoms with van der Waals surface area (Å²) in [7, 11) is 1.49. The molecule has 0 saturated carbocycles. The third kappa shape index (κ3) is 66.7. The number of carbonyl (C=O) groups is 2. The van der Waals surface area contributed by atoms with Crippen molar-refractivity contribution in [1.29, 1.82) is 0 Å². The van der Waals surface area contributed by atoms with Gasteiger partial charge in [-0.15, -0.1) is 0 Å². The maximum Gasteiger partial charge on any atom is 0.472 e. The van der Waals surface area contributed by atoms with Crippen LogP contribution in [-0.2, 0) is 32.7 Å². The van der Waals surface area contributed by atoms with Gasteiger partial charge < -0.3 is 18.9 Å². The molecular formula is C71H133NO8P+. The average Bonchev–Trinajstić information content (AvgIpc) is 3.43. The molecule has 0 amide bonds. The predicted octanol–water partition coefficient (Wildman–Crippen LogP) is 22.2. The van der Waals surface area contributed by atoms with Crippen LogP contribution in [0.1, 0.15) is 328 Å². The van der Waals surface area contributed by atoms with Crippen molar-refractivity contribution in [3.63, 3.8) is 0 Å². The molecule has 2 unspecified atom stereocenters. The minimum atomic E-state index is -4.39. The fraction of sp³-hybridized carbons (Fsp3) is 0.831. The SMILES string of the molecule is CC/C=C\C/C=C\C/C=C\C/C=C\C/C=C\CCCCCCCCCCCCCCCCCCCCCCCC(=O)OC(COC(=O)CCCCCCCCCCCCCCCCCCCCCC)COP(=O)(O)OCC[N+](C)(C)C. The number of hydrogen-bond donors (Lipinski definition) is 1. The van der Waals surface area contributed by atoms with Gasteiger partial charge in [0.1, 0.15) is 19.8 Å². The van der Waals surface area contributed by atoms with Crippen LogP contribution < -0.4 is 0 Å². The number of esters is 2. The lowest BCUT2D eigenvalue weighted by atomic mass is 10.0. The van der Waals surface area contributed by atoms with Crippen molar-refractivity contribution in [3.05, 3.63) is 60.8 Å². The Hall–Kier alpha value is -2.29. The Morgan fingerprint density at radius 2 is 0.704 bits per heavy atom. The number of rotatable bonds is 64. The van der Waals surface area contributed by atoms with Gasteiger partial charge in [-0.3, -0.25) is 18.6 Å². The molecule has 474 valence electrons. The van der Waals surface area contributed by atoms with Crippen molar-refractivity contribution in [1.82, 2.24) is 0 Å². The van der Waals surface area contributed by atoms with Crippen molar-refractivity contribution in [2.24, 2.45) is 0 Å². The highest BCUT2D eigenvalue weighted by Crippen LogP contribution is 2.43. The molecule has 0 saturated heterocycles. The van der Waals surface area contributed by atoms with Crippen LogP contribution in [0.3, 0.4) is 0 Å². The Morgan fingerprint density at radius 1 is 0.395 bits per heavy atom. The number of quaternary nitrogens is 1. The molecule has 1 N–H and O–H groups in total. The molecule has 9 nitrogen and oxygen atoms in total. The van der Waals surface area contributed by atoms with E-state index in [9.17, 15) is 19.0 Å². The number of likely N-dealkylation sites (N-methyl/N-ethyl adjacent to an activating group) is 1. The summed E-state index contributed by atoms with van der Waals surface area (Å²) in [6.45, 7) is 4.38. The first-order valence-electron chi connectivity index (χ1n) is 34.5. The Bertz CT molecular complexity index is 1550. The summed E-state index contributed by atoms with van der Waals surface area (Å²) in [5.74, 6) is -0.777. The highest BCUT2D eigenvalue weighted by Gasteiger charge is 2.27. The Kier molecular flexibility index (Phi) is 60.5. The number of hydrogen-bond acceptors (Lipinski definition) is 7. The molecule has 2 atom stereocenters. The molecule has 0 bridgehead atoms. The molecule has 0 aliphatic rings. The minimum absolute atomic E-state index is 0.0342. The van der Waals surface area contributed by atoms with E-state index >= 15 is 0 Å². The Balaban J connectivity index is 3.96. The highest BCUT2D eigenvalue weighted by molar-refractivity contribution is 7.47. The summed E-state index contributed by atoms with van der Waals surface area (Å²) < 4.78 is 34.7. The molecule has 81 heavy (non-hydrogen) atoms. The van der Waals surface area contributed by atoms with Crippen molar-refractivity contribution < 1.29 is 42.1 Å². The molecule has 0 aliphatic heterocycles. The second kappa shape index (κ2) is 62.2. The van der Waals surface area contributed by atoms with Crippen molar-refractivity contribution in [3.8, 4) is 0 Å². The molecule has 0 aliphatic carbocycles. The van der Waals surface area contributed by atoms with Crippen molar-refractivity contribution >= 4 is 19.8 Å².